The number of aryl methyl sites for hydroxylation is 1. The van der Waals surface area contributed by atoms with E-state index in [2.05, 4.69) is 22.2 Å². The molecule has 0 saturated heterocycles. The third kappa shape index (κ3) is 4.05. The molecule has 0 aliphatic heterocycles. The van der Waals surface area contributed by atoms with Gasteiger partial charge in [0.15, 0.2) is 17.3 Å². The molecular formula is C15H19ClN4O2S. The third-order valence-corrected chi connectivity index (χ3v) is 3.69. The molecule has 8 heteroatoms. The minimum atomic E-state index is 0.359. The molecule has 0 radical (unpaired) electrons. The quantitative estimate of drug-likeness (QED) is 0.561. The lowest BCUT2D eigenvalue weighted by Gasteiger charge is -2.14. The van der Waals surface area contributed by atoms with Gasteiger partial charge in [0.2, 0.25) is 4.77 Å². The maximum absolute atomic E-state index is 6.29. The molecule has 0 aliphatic carbocycles. The highest BCUT2D eigenvalue weighted by atomic mass is 35.5. The number of nitrogens with zero attached hydrogens (tertiary/aromatic N) is 2. The van der Waals surface area contributed by atoms with E-state index in [0.717, 1.165) is 17.8 Å². The summed E-state index contributed by atoms with van der Waals surface area (Å²) in [6, 6.07) is 3.69. The lowest BCUT2D eigenvalue weighted by atomic mass is 10.2. The minimum absolute atomic E-state index is 0.359. The lowest BCUT2D eigenvalue weighted by molar-refractivity contribution is 0.326. The second kappa shape index (κ2) is 8.03. The molecule has 1 heterocycles. The van der Waals surface area contributed by atoms with Crippen molar-refractivity contribution in [1.29, 1.82) is 0 Å². The van der Waals surface area contributed by atoms with Gasteiger partial charge in [-0.3, -0.25) is 5.10 Å². The fourth-order valence-corrected chi connectivity index (χ4v) is 2.56. The number of hydrogen-bond donors (Lipinski definition) is 2. The van der Waals surface area contributed by atoms with Gasteiger partial charge < -0.3 is 14.9 Å². The molecule has 6 nitrogen and oxygen atoms in total. The molecule has 1 aromatic heterocycles. The topological polar surface area (TPSA) is 64.1 Å². The SMILES string of the molecule is C=CCOc1c(Cl)cc(CNn2c(CC)n[nH]c2=S)cc1OC. The average molecular weight is 355 g/mol. The van der Waals surface area contributed by atoms with Gasteiger partial charge in [-0.2, -0.15) is 5.10 Å². The molecule has 2 aromatic rings. The first-order chi connectivity index (χ1) is 11.1. The molecule has 23 heavy (non-hydrogen) atoms. The largest absolute Gasteiger partial charge is 0.493 e. The first-order valence-corrected chi connectivity index (χ1v) is 7.89. The monoisotopic (exact) mass is 354 g/mol. The van der Waals surface area contributed by atoms with Crippen LogP contribution in [-0.4, -0.2) is 28.6 Å². The summed E-state index contributed by atoms with van der Waals surface area (Å²) in [5.41, 5.74) is 4.15. The Hall–Kier alpha value is -1.99. The van der Waals surface area contributed by atoms with Crippen molar-refractivity contribution in [2.75, 3.05) is 19.1 Å². The van der Waals surface area contributed by atoms with E-state index in [1.54, 1.807) is 17.9 Å². The molecule has 0 aliphatic rings. The maximum atomic E-state index is 6.29. The number of aromatic nitrogens is 3. The highest BCUT2D eigenvalue weighted by molar-refractivity contribution is 7.71. The van der Waals surface area contributed by atoms with E-state index in [-0.39, 0.29) is 0 Å². The molecule has 1 aromatic carbocycles. The Morgan fingerprint density at radius 3 is 2.96 bits per heavy atom. The number of nitrogens with one attached hydrogen (secondary N) is 2. The Morgan fingerprint density at radius 1 is 1.52 bits per heavy atom. The van der Waals surface area contributed by atoms with Crippen LogP contribution >= 0.6 is 23.8 Å². The number of aromatic amines is 1. The molecule has 2 rings (SSSR count). The number of benzene rings is 1. The normalized spacial score (nSPS) is 10.4. The Labute approximate surface area is 145 Å². The summed E-state index contributed by atoms with van der Waals surface area (Å²) in [5, 5.41) is 7.39. The van der Waals surface area contributed by atoms with E-state index in [1.807, 2.05) is 19.1 Å². The fourth-order valence-electron chi connectivity index (χ4n) is 2.06. The number of methoxy groups -OCH3 is 1. The van der Waals surface area contributed by atoms with Gasteiger partial charge in [0.25, 0.3) is 0 Å². The number of hydrogen-bond acceptors (Lipinski definition) is 5. The van der Waals surface area contributed by atoms with Crippen molar-refractivity contribution in [3.8, 4) is 11.5 Å². The number of halogens is 1. The van der Waals surface area contributed by atoms with Crippen molar-refractivity contribution in [2.24, 2.45) is 0 Å². The van der Waals surface area contributed by atoms with Crippen LogP contribution in [0.25, 0.3) is 0 Å². The maximum Gasteiger partial charge on any atom is 0.214 e. The van der Waals surface area contributed by atoms with E-state index < -0.39 is 0 Å². The molecule has 0 bridgehead atoms. The van der Waals surface area contributed by atoms with Crippen LogP contribution in [0.15, 0.2) is 24.8 Å². The summed E-state index contributed by atoms with van der Waals surface area (Å²) in [6.07, 6.45) is 2.41. The Bertz CT molecular complexity index is 742. The van der Waals surface area contributed by atoms with Gasteiger partial charge in [-0.25, -0.2) is 4.68 Å². The molecule has 0 amide bonds. The molecule has 2 N–H and O–H groups in total. The lowest BCUT2D eigenvalue weighted by Crippen LogP contribution is -2.17. The van der Waals surface area contributed by atoms with E-state index in [9.17, 15) is 0 Å². The molecule has 0 unspecified atom stereocenters. The van der Waals surface area contributed by atoms with E-state index in [1.165, 1.54) is 0 Å². The predicted octanol–water partition coefficient (Wildman–Crippen LogP) is 3.47. The van der Waals surface area contributed by atoms with Gasteiger partial charge in [0, 0.05) is 6.42 Å². The zero-order valence-corrected chi connectivity index (χ0v) is 14.6. The summed E-state index contributed by atoms with van der Waals surface area (Å²) >= 11 is 11.5. The highest BCUT2D eigenvalue weighted by Crippen LogP contribution is 2.36. The van der Waals surface area contributed by atoms with E-state index in [0.29, 0.717) is 34.4 Å². The van der Waals surface area contributed by atoms with Crippen LogP contribution in [0.3, 0.4) is 0 Å². The van der Waals surface area contributed by atoms with Crippen LogP contribution in [0.1, 0.15) is 18.3 Å². The van der Waals surface area contributed by atoms with Crippen molar-refractivity contribution in [3.63, 3.8) is 0 Å². The van der Waals surface area contributed by atoms with Gasteiger partial charge >= 0.3 is 0 Å². The average Bonchev–Trinajstić information content (AvgIpc) is 2.91. The molecule has 0 spiro atoms. The van der Waals surface area contributed by atoms with Gasteiger partial charge in [-0.1, -0.05) is 31.2 Å². The van der Waals surface area contributed by atoms with Crippen LogP contribution < -0.4 is 14.9 Å². The van der Waals surface area contributed by atoms with Crippen molar-refractivity contribution >= 4 is 23.8 Å². The number of H-pyrrole nitrogens is 1. The first-order valence-electron chi connectivity index (χ1n) is 7.11. The summed E-state index contributed by atoms with van der Waals surface area (Å²) in [5.74, 6) is 1.91. The molecular weight excluding hydrogens is 336 g/mol. The Kier molecular flexibility index (Phi) is 6.06. The fraction of sp³-hybridized carbons (Fsp3) is 0.333. The summed E-state index contributed by atoms with van der Waals surface area (Å²) in [7, 11) is 1.57. The highest BCUT2D eigenvalue weighted by Gasteiger charge is 2.12. The van der Waals surface area contributed by atoms with Gasteiger partial charge in [-0.15, -0.1) is 0 Å². The number of ether oxygens (including phenoxy) is 2. The summed E-state index contributed by atoms with van der Waals surface area (Å²) < 4.78 is 13.2. The van der Waals surface area contributed by atoms with Crippen LogP contribution in [0.5, 0.6) is 11.5 Å². The second-order valence-electron chi connectivity index (χ2n) is 4.68. The zero-order chi connectivity index (χ0) is 16.8. The molecule has 0 fully saturated rings. The standard InChI is InChI=1S/C15H19ClN4O2S/c1-4-6-22-14-11(16)7-10(8-12(14)21-3)9-17-20-13(5-2)18-19-15(20)23/h4,7-8,17H,1,5-6,9H2,2-3H3,(H,19,23). The van der Waals surface area contributed by atoms with Crippen LogP contribution in [-0.2, 0) is 13.0 Å². The summed E-state index contributed by atoms with van der Waals surface area (Å²) in [6.45, 7) is 6.50. The number of rotatable bonds is 8. The minimum Gasteiger partial charge on any atom is -0.493 e. The Morgan fingerprint density at radius 2 is 2.30 bits per heavy atom. The third-order valence-electron chi connectivity index (χ3n) is 3.13. The Balaban J connectivity index is 2.20. The first kappa shape index (κ1) is 17.4. The van der Waals surface area contributed by atoms with Crippen LogP contribution in [0.2, 0.25) is 5.02 Å². The van der Waals surface area contributed by atoms with E-state index in [4.69, 9.17) is 33.3 Å². The van der Waals surface area contributed by atoms with E-state index >= 15 is 0 Å². The smallest absolute Gasteiger partial charge is 0.214 e. The predicted molar refractivity (Wildman–Crippen MR) is 93.6 cm³/mol. The second-order valence-corrected chi connectivity index (χ2v) is 5.47. The van der Waals surface area contributed by atoms with Crippen molar-refractivity contribution in [1.82, 2.24) is 14.9 Å². The molecule has 0 saturated carbocycles. The van der Waals surface area contributed by atoms with Gasteiger partial charge in [0.1, 0.15) is 6.61 Å². The zero-order valence-electron chi connectivity index (χ0n) is 13.1. The molecule has 124 valence electrons. The van der Waals surface area contributed by atoms with Gasteiger partial charge in [-0.05, 0) is 29.9 Å². The van der Waals surface area contributed by atoms with Crippen molar-refractivity contribution in [3.05, 3.63) is 46.0 Å². The summed E-state index contributed by atoms with van der Waals surface area (Å²) in [4.78, 5) is 0. The van der Waals surface area contributed by atoms with Crippen molar-refractivity contribution < 1.29 is 9.47 Å². The van der Waals surface area contributed by atoms with Crippen LogP contribution in [0.4, 0.5) is 0 Å². The van der Waals surface area contributed by atoms with Crippen LogP contribution in [0, 0.1) is 4.77 Å². The van der Waals surface area contributed by atoms with Crippen molar-refractivity contribution in [2.45, 2.75) is 19.9 Å². The molecule has 0 atom stereocenters. The van der Waals surface area contributed by atoms with Gasteiger partial charge in [0.05, 0.1) is 18.7 Å².